The Morgan fingerprint density at radius 2 is 1.78 bits per heavy atom. The Hall–Kier alpha value is -2.79. The van der Waals surface area contributed by atoms with Gasteiger partial charge < -0.3 is 18.6 Å². The molecule has 11 heteroatoms. The molecule has 0 N–H and O–H groups in total. The minimum Gasteiger partial charge on any atom is -0.493 e. The summed E-state index contributed by atoms with van der Waals surface area (Å²) in [7, 11) is -1.76. The highest BCUT2D eigenvalue weighted by molar-refractivity contribution is 7.87. The van der Waals surface area contributed by atoms with Crippen LogP contribution in [-0.2, 0) is 32.4 Å². The van der Waals surface area contributed by atoms with Crippen LogP contribution in [0.5, 0.6) is 11.5 Å². The zero-order chi connectivity index (χ0) is 27.6. The molecule has 0 spiro atoms. The minimum absolute atomic E-state index is 0.0251. The van der Waals surface area contributed by atoms with Crippen molar-refractivity contribution in [2.75, 3.05) is 27.4 Å². The van der Waals surface area contributed by atoms with Crippen molar-refractivity contribution in [2.45, 2.75) is 57.1 Å². The summed E-state index contributed by atoms with van der Waals surface area (Å²) in [6.07, 6.45) is -1.36. The lowest BCUT2D eigenvalue weighted by Gasteiger charge is -2.27. The molecule has 0 bridgehead atoms. The molecule has 1 amide bonds. The number of carbonyl (C=O) groups excluding carboxylic acids is 1. The SMILES string of the molecule is CCCCC(CC)C(=O)N(CCOC)Cc1ccc(OC)c(OS(=O)(=O)c2cccc(C(F)(F)F)c2)c1. The molecule has 1 atom stereocenters. The maximum atomic E-state index is 13.3. The third-order valence-electron chi connectivity index (χ3n) is 5.88. The van der Waals surface area contributed by atoms with Gasteiger partial charge in [0.1, 0.15) is 4.90 Å². The molecule has 0 saturated heterocycles. The molecular weight excluding hydrogens is 511 g/mol. The Morgan fingerprint density at radius 1 is 1.05 bits per heavy atom. The Balaban J connectivity index is 2.35. The van der Waals surface area contributed by atoms with Crippen molar-refractivity contribution in [1.29, 1.82) is 0 Å². The number of benzene rings is 2. The highest BCUT2D eigenvalue weighted by Gasteiger charge is 2.32. The van der Waals surface area contributed by atoms with Gasteiger partial charge in [-0.3, -0.25) is 4.79 Å². The third-order valence-corrected chi connectivity index (χ3v) is 7.11. The van der Waals surface area contributed by atoms with Gasteiger partial charge in [-0.05, 0) is 48.7 Å². The fraction of sp³-hybridized carbons (Fsp3) is 0.500. The van der Waals surface area contributed by atoms with Gasteiger partial charge in [-0.1, -0.05) is 38.8 Å². The van der Waals surface area contributed by atoms with E-state index in [2.05, 4.69) is 6.92 Å². The van der Waals surface area contributed by atoms with Crippen molar-refractivity contribution >= 4 is 16.0 Å². The second-order valence-corrected chi connectivity index (χ2v) is 10.1. The van der Waals surface area contributed by atoms with Crippen molar-refractivity contribution in [3.05, 3.63) is 53.6 Å². The van der Waals surface area contributed by atoms with Crippen LogP contribution >= 0.6 is 0 Å². The number of amides is 1. The Bertz CT molecular complexity index is 1140. The van der Waals surface area contributed by atoms with Crippen molar-refractivity contribution < 1.29 is 40.0 Å². The number of methoxy groups -OCH3 is 2. The average Bonchev–Trinajstić information content (AvgIpc) is 2.86. The average molecular weight is 546 g/mol. The first-order valence-electron chi connectivity index (χ1n) is 12.0. The van der Waals surface area contributed by atoms with Crippen LogP contribution < -0.4 is 8.92 Å². The summed E-state index contributed by atoms with van der Waals surface area (Å²) in [4.78, 5) is 14.3. The number of halogens is 3. The van der Waals surface area contributed by atoms with Crippen molar-refractivity contribution in [1.82, 2.24) is 4.90 Å². The van der Waals surface area contributed by atoms with E-state index in [1.165, 1.54) is 26.4 Å². The second-order valence-electron chi connectivity index (χ2n) is 8.55. The number of nitrogens with zero attached hydrogens (tertiary/aromatic N) is 1. The molecule has 7 nitrogen and oxygen atoms in total. The molecule has 0 aliphatic rings. The number of hydrogen-bond donors (Lipinski definition) is 0. The topological polar surface area (TPSA) is 82.1 Å². The fourth-order valence-electron chi connectivity index (χ4n) is 3.78. The van der Waals surface area contributed by atoms with Crippen LogP contribution in [0, 0.1) is 5.92 Å². The summed E-state index contributed by atoms with van der Waals surface area (Å²) in [5.41, 5.74) is -0.552. The molecule has 2 rings (SSSR count). The number of hydrogen-bond acceptors (Lipinski definition) is 6. The molecule has 37 heavy (non-hydrogen) atoms. The lowest BCUT2D eigenvalue weighted by molar-refractivity contribution is -0.138. The molecule has 0 aliphatic heterocycles. The number of carbonyl (C=O) groups is 1. The molecule has 0 heterocycles. The van der Waals surface area contributed by atoms with Crippen LogP contribution in [0.15, 0.2) is 47.4 Å². The van der Waals surface area contributed by atoms with Gasteiger partial charge >= 0.3 is 16.3 Å². The van der Waals surface area contributed by atoms with E-state index in [1.54, 1.807) is 11.0 Å². The predicted molar refractivity (Wildman–Crippen MR) is 133 cm³/mol. The van der Waals surface area contributed by atoms with E-state index in [9.17, 15) is 26.4 Å². The summed E-state index contributed by atoms with van der Waals surface area (Å²) >= 11 is 0. The molecular formula is C26H34F3NO6S. The minimum atomic E-state index is -4.71. The first kappa shape index (κ1) is 30.4. The summed E-state index contributed by atoms with van der Waals surface area (Å²) in [6, 6.07) is 7.86. The van der Waals surface area contributed by atoms with Crippen molar-refractivity contribution in [3.63, 3.8) is 0 Å². The van der Waals surface area contributed by atoms with E-state index < -0.39 is 26.8 Å². The van der Waals surface area contributed by atoms with Crippen LogP contribution in [0.4, 0.5) is 13.2 Å². The first-order valence-corrected chi connectivity index (χ1v) is 13.4. The number of rotatable bonds is 14. The molecule has 0 radical (unpaired) electrons. The van der Waals surface area contributed by atoms with Gasteiger partial charge in [0.25, 0.3) is 0 Å². The number of unbranched alkanes of at least 4 members (excludes halogenated alkanes) is 1. The predicted octanol–water partition coefficient (Wildman–Crippen LogP) is 5.67. The van der Waals surface area contributed by atoms with Gasteiger partial charge in [0, 0.05) is 26.1 Å². The van der Waals surface area contributed by atoms with E-state index in [0.717, 1.165) is 37.5 Å². The number of ether oxygens (including phenoxy) is 2. The Morgan fingerprint density at radius 3 is 2.38 bits per heavy atom. The van der Waals surface area contributed by atoms with E-state index >= 15 is 0 Å². The number of alkyl halides is 3. The lowest BCUT2D eigenvalue weighted by atomic mass is 9.97. The lowest BCUT2D eigenvalue weighted by Crippen LogP contribution is -2.37. The fourth-order valence-corrected chi connectivity index (χ4v) is 4.76. The maximum Gasteiger partial charge on any atom is 0.416 e. The summed E-state index contributed by atoms with van der Waals surface area (Å²) in [5.74, 6) is -0.298. The molecule has 1 unspecified atom stereocenters. The highest BCUT2D eigenvalue weighted by atomic mass is 32.2. The van der Waals surface area contributed by atoms with Gasteiger partial charge in [0.2, 0.25) is 5.91 Å². The first-order chi connectivity index (χ1) is 17.5. The van der Waals surface area contributed by atoms with E-state index in [1.807, 2.05) is 6.92 Å². The van der Waals surface area contributed by atoms with Crippen molar-refractivity contribution in [3.8, 4) is 11.5 Å². The normalized spacial score (nSPS) is 12.7. The highest BCUT2D eigenvalue weighted by Crippen LogP contribution is 2.34. The largest absolute Gasteiger partial charge is 0.493 e. The van der Waals surface area contributed by atoms with Crippen LogP contribution in [0.3, 0.4) is 0 Å². The standard InChI is InChI=1S/C26H34F3NO6S/c1-5-7-9-20(6-2)25(31)30(14-15-34-3)18-19-12-13-23(35-4)24(16-19)36-37(32,33)22-11-8-10-21(17-22)26(27,28)29/h8,10-13,16-17,20H,5-7,9,14-15,18H2,1-4H3. The van der Waals surface area contributed by atoms with E-state index in [0.29, 0.717) is 31.2 Å². The molecule has 206 valence electrons. The molecule has 0 aromatic heterocycles. The maximum absolute atomic E-state index is 13.3. The molecule has 0 fully saturated rings. The van der Waals surface area contributed by atoms with Gasteiger partial charge in [-0.25, -0.2) is 0 Å². The van der Waals surface area contributed by atoms with Crippen molar-refractivity contribution in [2.24, 2.45) is 5.92 Å². The summed E-state index contributed by atoms with van der Waals surface area (Å²) in [5, 5.41) is 0. The Kier molecular flexibility index (Phi) is 11.2. The summed E-state index contributed by atoms with van der Waals surface area (Å²) in [6.45, 7) is 4.84. The smallest absolute Gasteiger partial charge is 0.416 e. The zero-order valence-electron chi connectivity index (χ0n) is 21.5. The van der Waals surface area contributed by atoms with Crippen LogP contribution in [0.1, 0.15) is 50.7 Å². The molecule has 0 saturated carbocycles. The molecule has 2 aromatic carbocycles. The van der Waals surface area contributed by atoms with Crippen LogP contribution in [-0.4, -0.2) is 46.6 Å². The quantitative estimate of drug-likeness (QED) is 0.285. The van der Waals surface area contributed by atoms with Crippen LogP contribution in [0.25, 0.3) is 0 Å². The van der Waals surface area contributed by atoms with Gasteiger partial charge in [-0.2, -0.15) is 21.6 Å². The van der Waals surface area contributed by atoms with E-state index in [4.69, 9.17) is 13.7 Å². The van der Waals surface area contributed by atoms with E-state index in [-0.39, 0.29) is 29.9 Å². The second kappa shape index (κ2) is 13.7. The molecule has 0 aliphatic carbocycles. The zero-order valence-corrected chi connectivity index (χ0v) is 22.3. The molecule has 2 aromatic rings. The van der Waals surface area contributed by atoms with Gasteiger partial charge in [0.05, 0.1) is 19.3 Å². The van der Waals surface area contributed by atoms with Gasteiger partial charge in [0.15, 0.2) is 11.5 Å². The Labute approximate surface area is 216 Å². The third kappa shape index (κ3) is 8.63. The van der Waals surface area contributed by atoms with Crippen LogP contribution in [0.2, 0.25) is 0 Å². The van der Waals surface area contributed by atoms with Gasteiger partial charge in [-0.15, -0.1) is 0 Å². The monoisotopic (exact) mass is 545 g/mol. The summed E-state index contributed by atoms with van der Waals surface area (Å²) < 4.78 is 80.5.